The second kappa shape index (κ2) is 7.49. The topological polar surface area (TPSA) is 109 Å². The van der Waals surface area contributed by atoms with E-state index in [1.165, 1.54) is 24.6 Å². The number of carbonyl (C=O) groups is 1. The van der Waals surface area contributed by atoms with Gasteiger partial charge in [-0.25, -0.2) is 19.7 Å². The maximum atomic E-state index is 12.1. The summed E-state index contributed by atoms with van der Waals surface area (Å²) in [6.07, 6.45) is 1.47. The number of phenols is 1. The zero-order valence-corrected chi connectivity index (χ0v) is 15.5. The van der Waals surface area contributed by atoms with Gasteiger partial charge in [-0.2, -0.15) is 0 Å². The molecule has 0 saturated carbocycles. The van der Waals surface area contributed by atoms with Gasteiger partial charge in [-0.15, -0.1) is 11.3 Å². The molecule has 2 amide bonds. The molecule has 4 rings (SSSR count). The molecule has 0 unspecified atom stereocenters. The van der Waals surface area contributed by atoms with Crippen LogP contribution in [-0.2, 0) is 0 Å². The van der Waals surface area contributed by atoms with Crippen LogP contribution in [0.5, 0.6) is 11.5 Å². The third-order valence-corrected chi connectivity index (χ3v) is 4.67. The minimum atomic E-state index is -0.407. The van der Waals surface area contributed by atoms with Gasteiger partial charge in [-0.1, -0.05) is 0 Å². The first kappa shape index (κ1) is 17.7. The lowest BCUT2D eigenvalue weighted by molar-refractivity contribution is 0.262. The van der Waals surface area contributed by atoms with Crippen LogP contribution in [0.4, 0.5) is 15.6 Å². The molecular formula is C19H15N5O3S. The SMILES string of the molecule is COc1cc(-c2ccc3ncc(NC(=O)Nc4cccs4)nc3n2)ccc1O. The Morgan fingerprint density at radius 2 is 2.04 bits per heavy atom. The molecule has 0 saturated heterocycles. The normalized spacial score (nSPS) is 10.6. The predicted octanol–water partition coefficient (Wildman–Crippen LogP) is 4.11. The van der Waals surface area contributed by atoms with Crippen LogP contribution in [0, 0.1) is 0 Å². The minimum Gasteiger partial charge on any atom is -0.504 e. The summed E-state index contributed by atoms with van der Waals surface area (Å²) >= 11 is 1.42. The van der Waals surface area contributed by atoms with E-state index in [4.69, 9.17) is 4.74 Å². The Balaban J connectivity index is 1.61. The molecule has 0 aliphatic heterocycles. The van der Waals surface area contributed by atoms with Crippen molar-refractivity contribution in [2.75, 3.05) is 17.7 Å². The fraction of sp³-hybridized carbons (Fsp3) is 0.0526. The number of nitrogens with zero attached hydrogens (tertiary/aromatic N) is 3. The fourth-order valence-electron chi connectivity index (χ4n) is 2.56. The van der Waals surface area contributed by atoms with Crippen LogP contribution in [0.1, 0.15) is 0 Å². The van der Waals surface area contributed by atoms with E-state index in [2.05, 4.69) is 25.6 Å². The Bertz CT molecular complexity index is 1150. The summed E-state index contributed by atoms with van der Waals surface area (Å²) < 4.78 is 5.14. The number of nitrogens with one attached hydrogen (secondary N) is 2. The van der Waals surface area contributed by atoms with Gasteiger partial charge in [0.15, 0.2) is 23.0 Å². The van der Waals surface area contributed by atoms with E-state index in [1.54, 1.807) is 36.4 Å². The number of phenolic OH excluding ortho intramolecular Hbond substituents is 1. The van der Waals surface area contributed by atoms with E-state index in [0.717, 1.165) is 10.6 Å². The zero-order chi connectivity index (χ0) is 19.5. The van der Waals surface area contributed by atoms with Gasteiger partial charge in [0.1, 0.15) is 5.52 Å². The van der Waals surface area contributed by atoms with Gasteiger partial charge in [-0.3, -0.25) is 10.6 Å². The highest BCUT2D eigenvalue weighted by molar-refractivity contribution is 7.14. The number of urea groups is 1. The standard InChI is InChI=1S/C19H15N5O3S/c1-27-15-9-11(4-7-14(15)25)12-5-6-13-18(21-12)22-16(10-20-13)23-19(26)24-17-3-2-8-28-17/h2-10,25H,1H3,(H2,21,22,23,24,26). The first-order valence-corrected chi connectivity index (χ1v) is 9.13. The molecule has 0 radical (unpaired) electrons. The zero-order valence-electron chi connectivity index (χ0n) is 14.7. The number of methoxy groups -OCH3 is 1. The van der Waals surface area contributed by atoms with E-state index in [0.29, 0.717) is 22.6 Å². The van der Waals surface area contributed by atoms with Crippen molar-refractivity contribution >= 4 is 39.4 Å². The van der Waals surface area contributed by atoms with Crippen LogP contribution in [-0.4, -0.2) is 33.2 Å². The molecule has 0 bridgehead atoms. The van der Waals surface area contributed by atoms with E-state index < -0.39 is 6.03 Å². The Kier molecular flexibility index (Phi) is 4.73. The van der Waals surface area contributed by atoms with E-state index in [9.17, 15) is 9.90 Å². The number of thiophene rings is 1. The third-order valence-electron chi connectivity index (χ3n) is 3.88. The molecule has 28 heavy (non-hydrogen) atoms. The Morgan fingerprint density at radius 1 is 1.14 bits per heavy atom. The molecule has 3 aromatic heterocycles. The molecule has 3 heterocycles. The van der Waals surface area contributed by atoms with Crippen LogP contribution < -0.4 is 15.4 Å². The Morgan fingerprint density at radius 3 is 2.82 bits per heavy atom. The monoisotopic (exact) mass is 393 g/mol. The number of anilines is 2. The largest absolute Gasteiger partial charge is 0.504 e. The number of aromatic nitrogens is 3. The van der Waals surface area contributed by atoms with Crippen molar-refractivity contribution in [2.24, 2.45) is 0 Å². The van der Waals surface area contributed by atoms with Crippen molar-refractivity contribution in [2.45, 2.75) is 0 Å². The Hall–Kier alpha value is -3.72. The second-order valence-electron chi connectivity index (χ2n) is 5.74. The number of aromatic hydroxyl groups is 1. The average Bonchev–Trinajstić information content (AvgIpc) is 3.20. The third kappa shape index (κ3) is 3.69. The van der Waals surface area contributed by atoms with Crippen molar-refractivity contribution in [3.8, 4) is 22.8 Å². The highest BCUT2D eigenvalue weighted by Gasteiger charge is 2.10. The lowest BCUT2D eigenvalue weighted by Crippen LogP contribution is -2.19. The quantitative estimate of drug-likeness (QED) is 0.481. The van der Waals surface area contributed by atoms with Crippen molar-refractivity contribution < 1.29 is 14.6 Å². The Labute approximate surface area is 163 Å². The lowest BCUT2D eigenvalue weighted by atomic mass is 10.1. The molecule has 0 fully saturated rings. The number of benzene rings is 1. The summed E-state index contributed by atoms with van der Waals surface area (Å²) in [4.78, 5) is 25.2. The number of hydrogen-bond donors (Lipinski definition) is 3. The maximum absolute atomic E-state index is 12.1. The van der Waals surface area contributed by atoms with Gasteiger partial charge in [-0.05, 0) is 47.8 Å². The molecule has 9 heteroatoms. The van der Waals surface area contributed by atoms with Crippen LogP contribution in [0.2, 0.25) is 0 Å². The summed E-state index contributed by atoms with van der Waals surface area (Å²) in [7, 11) is 1.48. The van der Waals surface area contributed by atoms with Crippen molar-refractivity contribution in [1.29, 1.82) is 0 Å². The average molecular weight is 393 g/mol. The maximum Gasteiger partial charge on any atom is 0.325 e. The van der Waals surface area contributed by atoms with E-state index >= 15 is 0 Å². The summed E-state index contributed by atoms with van der Waals surface area (Å²) in [6.45, 7) is 0. The van der Waals surface area contributed by atoms with E-state index in [-0.39, 0.29) is 11.6 Å². The lowest BCUT2D eigenvalue weighted by Gasteiger charge is -2.08. The number of rotatable bonds is 4. The highest BCUT2D eigenvalue weighted by atomic mass is 32.1. The molecule has 3 N–H and O–H groups in total. The van der Waals surface area contributed by atoms with E-state index in [1.807, 2.05) is 11.4 Å². The predicted molar refractivity (Wildman–Crippen MR) is 108 cm³/mol. The van der Waals surface area contributed by atoms with Gasteiger partial charge in [0.05, 0.1) is 24.0 Å². The number of pyridine rings is 1. The summed E-state index contributed by atoms with van der Waals surface area (Å²) in [5.74, 6) is 0.690. The van der Waals surface area contributed by atoms with Crippen LogP contribution in [0.3, 0.4) is 0 Å². The number of fused-ring (bicyclic) bond motifs is 1. The molecule has 8 nitrogen and oxygen atoms in total. The van der Waals surface area contributed by atoms with Gasteiger partial charge in [0.2, 0.25) is 0 Å². The van der Waals surface area contributed by atoms with Crippen molar-refractivity contribution in [3.05, 3.63) is 54.0 Å². The summed E-state index contributed by atoms with van der Waals surface area (Å²) in [5.41, 5.74) is 2.38. The van der Waals surface area contributed by atoms with Gasteiger partial charge >= 0.3 is 6.03 Å². The summed E-state index contributed by atoms with van der Waals surface area (Å²) in [6, 6.07) is 11.8. The molecule has 0 aliphatic carbocycles. The van der Waals surface area contributed by atoms with Crippen molar-refractivity contribution in [1.82, 2.24) is 15.0 Å². The smallest absolute Gasteiger partial charge is 0.325 e. The van der Waals surface area contributed by atoms with Gasteiger partial charge < -0.3 is 9.84 Å². The van der Waals surface area contributed by atoms with Crippen LogP contribution in [0.25, 0.3) is 22.4 Å². The number of hydrogen-bond acceptors (Lipinski definition) is 7. The highest BCUT2D eigenvalue weighted by Crippen LogP contribution is 2.31. The van der Waals surface area contributed by atoms with Crippen molar-refractivity contribution in [3.63, 3.8) is 0 Å². The number of amides is 2. The van der Waals surface area contributed by atoms with Crippen LogP contribution >= 0.6 is 11.3 Å². The molecule has 0 atom stereocenters. The van der Waals surface area contributed by atoms with Gasteiger partial charge in [0.25, 0.3) is 0 Å². The fourth-order valence-corrected chi connectivity index (χ4v) is 3.18. The number of ether oxygens (including phenoxy) is 1. The summed E-state index contributed by atoms with van der Waals surface area (Å²) in [5, 5.41) is 17.7. The minimum absolute atomic E-state index is 0.0510. The first-order valence-electron chi connectivity index (χ1n) is 8.25. The molecule has 0 spiro atoms. The number of carbonyl (C=O) groups excluding carboxylic acids is 1. The molecule has 1 aromatic carbocycles. The molecular weight excluding hydrogens is 378 g/mol. The van der Waals surface area contributed by atoms with Crippen LogP contribution in [0.15, 0.2) is 54.0 Å². The molecule has 0 aliphatic rings. The second-order valence-corrected chi connectivity index (χ2v) is 6.69. The molecule has 4 aromatic rings. The van der Waals surface area contributed by atoms with Gasteiger partial charge in [0, 0.05) is 5.56 Å². The first-order chi connectivity index (χ1) is 13.6. The molecule has 140 valence electrons.